The third-order valence-corrected chi connectivity index (χ3v) is 5.99. The highest BCUT2D eigenvalue weighted by atomic mass is 16.5. The Morgan fingerprint density at radius 2 is 2.03 bits per heavy atom. The second-order valence-corrected chi connectivity index (χ2v) is 8.44. The highest BCUT2D eigenvalue weighted by molar-refractivity contribution is 6.10. The number of nitrogens with two attached hydrogens (primary N) is 1. The third kappa shape index (κ3) is 6.33. The molecule has 0 bridgehead atoms. The average Bonchev–Trinajstić information content (AvgIpc) is 3.57. The van der Waals surface area contributed by atoms with Crippen LogP contribution >= 0.6 is 0 Å². The molecule has 3 aromatic rings. The molecule has 182 valence electrons. The van der Waals surface area contributed by atoms with Crippen LogP contribution in [-0.2, 0) is 13.1 Å². The molecule has 1 aliphatic heterocycles. The first kappa shape index (κ1) is 24.2. The second kappa shape index (κ2) is 11.4. The molecule has 1 aliphatic rings. The standard InChI is InChI=1S/C26H31N7O2/c1-20(22-7-5-6-21(14-22)18-33-26(34)9-8-25(30-33)35-2)28-16-23(15-27)24-17-29-32(19-24)13-12-31-10-3-4-11-31/h5-9,14-17,19H,1,3-4,10-13,18,27H2,2H3/b23-15+,28-16-. The van der Waals surface area contributed by atoms with E-state index in [2.05, 4.69) is 26.7 Å². The highest BCUT2D eigenvalue weighted by Gasteiger charge is 2.11. The Kier molecular flexibility index (Phi) is 7.89. The summed E-state index contributed by atoms with van der Waals surface area (Å²) in [6, 6.07) is 10.7. The summed E-state index contributed by atoms with van der Waals surface area (Å²) in [7, 11) is 1.52. The molecule has 0 amide bonds. The normalized spacial score (nSPS) is 14.6. The van der Waals surface area contributed by atoms with Gasteiger partial charge in [-0.25, -0.2) is 4.68 Å². The summed E-state index contributed by atoms with van der Waals surface area (Å²) in [4.78, 5) is 19.1. The molecule has 2 N–H and O–H groups in total. The van der Waals surface area contributed by atoms with Gasteiger partial charge in [-0.05, 0) is 43.1 Å². The lowest BCUT2D eigenvalue weighted by Gasteiger charge is -2.13. The van der Waals surface area contributed by atoms with E-state index in [0.29, 0.717) is 18.1 Å². The summed E-state index contributed by atoms with van der Waals surface area (Å²) in [5.41, 5.74) is 9.67. The molecule has 0 atom stereocenters. The van der Waals surface area contributed by atoms with E-state index in [-0.39, 0.29) is 5.56 Å². The Balaban J connectivity index is 1.41. The summed E-state index contributed by atoms with van der Waals surface area (Å²) in [5, 5.41) is 8.67. The second-order valence-electron chi connectivity index (χ2n) is 8.44. The van der Waals surface area contributed by atoms with Crippen LogP contribution in [-0.4, -0.2) is 57.4 Å². The predicted molar refractivity (Wildman–Crippen MR) is 138 cm³/mol. The van der Waals surface area contributed by atoms with Crippen molar-refractivity contribution in [2.24, 2.45) is 10.7 Å². The zero-order valence-corrected chi connectivity index (χ0v) is 20.0. The topological polar surface area (TPSA) is 104 Å². The van der Waals surface area contributed by atoms with Crippen LogP contribution < -0.4 is 16.0 Å². The van der Waals surface area contributed by atoms with Crippen LogP contribution in [0.3, 0.4) is 0 Å². The van der Waals surface area contributed by atoms with E-state index in [1.54, 1.807) is 18.5 Å². The number of hydrogen-bond acceptors (Lipinski definition) is 7. The van der Waals surface area contributed by atoms with Crippen LogP contribution in [0.2, 0.25) is 0 Å². The monoisotopic (exact) mass is 473 g/mol. The average molecular weight is 474 g/mol. The van der Waals surface area contributed by atoms with Crippen molar-refractivity contribution in [1.29, 1.82) is 0 Å². The molecule has 9 heteroatoms. The largest absolute Gasteiger partial charge is 0.480 e. The van der Waals surface area contributed by atoms with Gasteiger partial charge >= 0.3 is 0 Å². The lowest BCUT2D eigenvalue weighted by Crippen LogP contribution is -2.24. The molecule has 1 fully saturated rings. The molecule has 0 aliphatic carbocycles. The number of benzene rings is 1. The Bertz CT molecular complexity index is 1280. The van der Waals surface area contributed by atoms with Crippen molar-refractivity contribution in [3.63, 3.8) is 0 Å². The number of nitrogens with zero attached hydrogens (tertiary/aromatic N) is 6. The molecule has 0 unspecified atom stereocenters. The van der Waals surface area contributed by atoms with Crippen molar-refractivity contribution >= 4 is 17.5 Å². The molecule has 9 nitrogen and oxygen atoms in total. The van der Waals surface area contributed by atoms with Crippen LogP contribution in [0.4, 0.5) is 0 Å². The zero-order valence-electron chi connectivity index (χ0n) is 20.0. The van der Waals surface area contributed by atoms with Crippen LogP contribution in [0.25, 0.3) is 11.3 Å². The molecule has 35 heavy (non-hydrogen) atoms. The lowest BCUT2D eigenvalue weighted by molar-refractivity contribution is 0.316. The smallest absolute Gasteiger partial charge is 0.267 e. The molecule has 0 radical (unpaired) electrons. The summed E-state index contributed by atoms with van der Waals surface area (Å²) < 4.78 is 8.43. The highest BCUT2D eigenvalue weighted by Crippen LogP contribution is 2.18. The maximum Gasteiger partial charge on any atom is 0.267 e. The number of aliphatic imine (C=N–C) groups is 1. The van der Waals surface area contributed by atoms with Gasteiger partial charge in [0, 0.05) is 48.4 Å². The number of allylic oxidation sites excluding steroid dienone is 1. The van der Waals surface area contributed by atoms with Gasteiger partial charge in [0.2, 0.25) is 5.88 Å². The van der Waals surface area contributed by atoms with Crippen molar-refractivity contribution in [3.8, 4) is 5.88 Å². The fourth-order valence-corrected chi connectivity index (χ4v) is 4.00. The molecule has 3 heterocycles. The van der Waals surface area contributed by atoms with E-state index >= 15 is 0 Å². The van der Waals surface area contributed by atoms with Gasteiger partial charge in [0.05, 0.1) is 32.1 Å². The van der Waals surface area contributed by atoms with Gasteiger partial charge in [0.25, 0.3) is 5.56 Å². The maximum atomic E-state index is 12.1. The number of hydrogen-bond donors (Lipinski definition) is 1. The van der Waals surface area contributed by atoms with Crippen molar-refractivity contribution < 1.29 is 4.74 Å². The number of aromatic nitrogens is 4. The van der Waals surface area contributed by atoms with Gasteiger partial charge in [-0.2, -0.15) is 5.10 Å². The molecule has 4 rings (SSSR count). The molecule has 0 spiro atoms. The minimum Gasteiger partial charge on any atom is -0.480 e. The number of likely N-dealkylation sites (tertiary alicyclic amines) is 1. The zero-order chi connectivity index (χ0) is 24.6. The van der Waals surface area contributed by atoms with E-state index in [1.807, 2.05) is 35.1 Å². The Morgan fingerprint density at radius 3 is 2.80 bits per heavy atom. The van der Waals surface area contributed by atoms with Crippen molar-refractivity contribution in [3.05, 3.63) is 88.6 Å². The van der Waals surface area contributed by atoms with E-state index in [0.717, 1.165) is 35.4 Å². The first-order chi connectivity index (χ1) is 17.1. The number of ether oxygens (including phenoxy) is 1. The Hall–Kier alpha value is -3.98. The summed E-state index contributed by atoms with van der Waals surface area (Å²) >= 11 is 0. The van der Waals surface area contributed by atoms with Gasteiger partial charge in [0.1, 0.15) is 0 Å². The molecular weight excluding hydrogens is 442 g/mol. The summed E-state index contributed by atoms with van der Waals surface area (Å²) in [5.74, 6) is 0.384. The Labute approximate surface area is 204 Å². The van der Waals surface area contributed by atoms with Crippen molar-refractivity contribution in [2.45, 2.75) is 25.9 Å². The first-order valence-electron chi connectivity index (χ1n) is 11.7. The van der Waals surface area contributed by atoms with Gasteiger partial charge in [-0.1, -0.05) is 24.8 Å². The SMILES string of the molecule is C=C(/N=C\C(=C/N)c1cnn(CCN2CCCC2)c1)c1cccc(Cn2nc(OC)ccc2=O)c1. The summed E-state index contributed by atoms with van der Waals surface area (Å²) in [6.07, 6.45) is 9.58. The maximum absolute atomic E-state index is 12.1. The molecule has 1 saturated heterocycles. The van der Waals surface area contributed by atoms with Crippen molar-refractivity contribution in [1.82, 2.24) is 24.5 Å². The third-order valence-electron chi connectivity index (χ3n) is 5.99. The van der Waals surface area contributed by atoms with E-state index in [1.165, 1.54) is 50.0 Å². The fraction of sp³-hybridized carbons (Fsp3) is 0.308. The molecular formula is C26H31N7O2. The number of methoxy groups -OCH3 is 1. The molecule has 0 saturated carbocycles. The quantitative estimate of drug-likeness (QED) is 0.454. The molecule has 1 aromatic carbocycles. The lowest BCUT2D eigenvalue weighted by atomic mass is 10.1. The van der Waals surface area contributed by atoms with Crippen LogP contribution in [0.15, 0.2) is 71.4 Å². The van der Waals surface area contributed by atoms with Gasteiger partial charge in [-0.3, -0.25) is 14.5 Å². The van der Waals surface area contributed by atoms with E-state index < -0.39 is 0 Å². The predicted octanol–water partition coefficient (Wildman–Crippen LogP) is 2.63. The van der Waals surface area contributed by atoms with Crippen LogP contribution in [0.1, 0.15) is 29.5 Å². The fourth-order valence-electron chi connectivity index (χ4n) is 4.00. The minimum atomic E-state index is -0.202. The minimum absolute atomic E-state index is 0.202. The van der Waals surface area contributed by atoms with E-state index in [9.17, 15) is 4.79 Å². The summed E-state index contributed by atoms with van der Waals surface area (Å²) in [6.45, 7) is 8.60. The number of rotatable bonds is 10. The van der Waals surface area contributed by atoms with Gasteiger partial charge in [0.15, 0.2) is 0 Å². The molecule has 2 aromatic heterocycles. The van der Waals surface area contributed by atoms with Crippen LogP contribution in [0, 0.1) is 0 Å². The van der Waals surface area contributed by atoms with Gasteiger partial charge < -0.3 is 15.4 Å². The first-order valence-corrected chi connectivity index (χ1v) is 11.7. The van der Waals surface area contributed by atoms with Crippen molar-refractivity contribution in [2.75, 3.05) is 26.7 Å². The van der Waals surface area contributed by atoms with Gasteiger partial charge in [-0.15, -0.1) is 5.10 Å². The van der Waals surface area contributed by atoms with Crippen LogP contribution in [0.5, 0.6) is 5.88 Å². The van der Waals surface area contributed by atoms with E-state index in [4.69, 9.17) is 10.5 Å². The Morgan fingerprint density at radius 1 is 1.20 bits per heavy atom.